The Hall–Kier alpha value is -7.02. The average molecular weight is 685 g/mol. The van der Waals surface area contributed by atoms with Crippen LogP contribution in [0.1, 0.15) is 0 Å². The first-order valence-corrected chi connectivity index (χ1v) is 18.7. The molecule has 0 spiro atoms. The highest BCUT2D eigenvalue weighted by Gasteiger charge is 2.13. The minimum atomic E-state index is 1.21. The van der Waals surface area contributed by atoms with Crippen LogP contribution in [-0.4, -0.2) is 0 Å². The third-order valence-electron chi connectivity index (χ3n) is 10.8. The highest BCUT2D eigenvalue weighted by Crippen LogP contribution is 2.40. The first-order valence-electron chi connectivity index (χ1n) is 18.7. The second kappa shape index (κ2) is 13.5. The zero-order valence-corrected chi connectivity index (χ0v) is 29.8. The molecule has 0 aliphatic rings. The van der Waals surface area contributed by atoms with Crippen molar-refractivity contribution in [3.05, 3.63) is 218 Å². The van der Waals surface area contributed by atoms with Gasteiger partial charge in [0.25, 0.3) is 0 Å². The molecule has 0 bridgehead atoms. The SMILES string of the molecule is c1ccc(-c2cccc(-c3cccc(-c4ccc5c6ccccc6c6ccc(-c7cccc(-c8cccc(-c9ccccc9)c8)c7)cc6c5c4)c3)c2)cc1. The van der Waals surface area contributed by atoms with Crippen molar-refractivity contribution in [1.82, 2.24) is 0 Å². The molecule has 0 nitrogen and oxygen atoms in total. The lowest BCUT2D eigenvalue weighted by Gasteiger charge is -2.14. The van der Waals surface area contributed by atoms with E-state index in [1.54, 1.807) is 0 Å². The summed E-state index contributed by atoms with van der Waals surface area (Å²) in [6, 6.07) is 79.7. The molecule has 10 aromatic carbocycles. The van der Waals surface area contributed by atoms with Gasteiger partial charge in [-0.1, -0.05) is 182 Å². The summed E-state index contributed by atoms with van der Waals surface area (Å²) in [4.78, 5) is 0. The van der Waals surface area contributed by atoms with Crippen LogP contribution in [-0.2, 0) is 0 Å². The number of hydrogen-bond acceptors (Lipinski definition) is 0. The third-order valence-corrected chi connectivity index (χ3v) is 10.8. The molecule has 0 unspecified atom stereocenters. The van der Waals surface area contributed by atoms with Crippen LogP contribution in [0.4, 0.5) is 0 Å². The number of benzene rings is 10. The maximum Gasteiger partial charge on any atom is -0.00926 e. The summed E-state index contributed by atoms with van der Waals surface area (Å²) in [5, 5.41) is 7.66. The van der Waals surface area contributed by atoms with E-state index >= 15 is 0 Å². The van der Waals surface area contributed by atoms with Crippen molar-refractivity contribution in [1.29, 1.82) is 0 Å². The second-order valence-corrected chi connectivity index (χ2v) is 14.1. The fraction of sp³-hybridized carbons (Fsp3) is 0. The average Bonchev–Trinajstić information content (AvgIpc) is 3.27. The van der Waals surface area contributed by atoms with Crippen LogP contribution >= 0.6 is 0 Å². The Morgan fingerprint density at radius 2 is 0.370 bits per heavy atom. The Kier molecular flexibility index (Phi) is 7.93. The van der Waals surface area contributed by atoms with Crippen LogP contribution in [0.25, 0.3) is 99.1 Å². The molecule has 0 fully saturated rings. The second-order valence-electron chi connectivity index (χ2n) is 14.1. The van der Waals surface area contributed by atoms with E-state index in [2.05, 4.69) is 218 Å². The summed E-state index contributed by atoms with van der Waals surface area (Å²) in [6.07, 6.45) is 0. The van der Waals surface area contributed by atoms with Crippen LogP contribution in [0.15, 0.2) is 218 Å². The normalized spacial score (nSPS) is 11.3. The smallest absolute Gasteiger partial charge is 0.00926 e. The van der Waals surface area contributed by atoms with E-state index in [9.17, 15) is 0 Å². The molecule has 10 rings (SSSR count). The van der Waals surface area contributed by atoms with Gasteiger partial charge in [0.05, 0.1) is 0 Å². The Balaban J connectivity index is 1.08. The van der Waals surface area contributed by atoms with E-state index < -0.39 is 0 Å². The van der Waals surface area contributed by atoms with Gasteiger partial charge in [-0.05, 0) is 135 Å². The summed E-state index contributed by atoms with van der Waals surface area (Å²) in [6.45, 7) is 0. The summed E-state index contributed by atoms with van der Waals surface area (Å²) in [5.74, 6) is 0. The van der Waals surface area contributed by atoms with E-state index in [4.69, 9.17) is 0 Å². The predicted octanol–water partition coefficient (Wildman–Crippen LogP) is 15.1. The van der Waals surface area contributed by atoms with E-state index in [0.29, 0.717) is 0 Å². The van der Waals surface area contributed by atoms with Crippen LogP contribution in [0.3, 0.4) is 0 Å². The Morgan fingerprint density at radius 1 is 0.130 bits per heavy atom. The predicted molar refractivity (Wildman–Crippen MR) is 232 cm³/mol. The van der Waals surface area contributed by atoms with Gasteiger partial charge in [0.15, 0.2) is 0 Å². The summed E-state index contributed by atoms with van der Waals surface area (Å²) < 4.78 is 0. The van der Waals surface area contributed by atoms with Crippen molar-refractivity contribution in [2.75, 3.05) is 0 Å². The Labute approximate surface area is 316 Å². The van der Waals surface area contributed by atoms with E-state index in [1.165, 1.54) is 99.1 Å². The molecule has 0 saturated heterocycles. The van der Waals surface area contributed by atoms with E-state index in [1.807, 2.05) is 0 Å². The van der Waals surface area contributed by atoms with Crippen LogP contribution in [0, 0.1) is 0 Å². The van der Waals surface area contributed by atoms with Crippen molar-refractivity contribution in [3.63, 3.8) is 0 Å². The van der Waals surface area contributed by atoms with Crippen molar-refractivity contribution in [2.45, 2.75) is 0 Å². The van der Waals surface area contributed by atoms with E-state index in [0.717, 1.165) is 0 Å². The van der Waals surface area contributed by atoms with Gasteiger partial charge in [0.2, 0.25) is 0 Å². The molecule has 0 saturated carbocycles. The molecule has 10 aromatic rings. The molecular formula is C54H36. The molecule has 0 atom stereocenters. The first-order chi connectivity index (χ1) is 26.7. The van der Waals surface area contributed by atoms with Crippen molar-refractivity contribution in [2.24, 2.45) is 0 Å². The largest absolute Gasteiger partial charge is 0.0622 e. The minimum absolute atomic E-state index is 1.21. The number of fused-ring (bicyclic) bond motifs is 6. The van der Waals surface area contributed by atoms with Crippen molar-refractivity contribution in [3.8, 4) is 66.8 Å². The molecule has 54 heavy (non-hydrogen) atoms. The van der Waals surface area contributed by atoms with Gasteiger partial charge < -0.3 is 0 Å². The van der Waals surface area contributed by atoms with Gasteiger partial charge in [-0.2, -0.15) is 0 Å². The van der Waals surface area contributed by atoms with Gasteiger partial charge in [-0.25, -0.2) is 0 Å². The maximum absolute atomic E-state index is 2.40. The zero-order chi connectivity index (χ0) is 35.8. The quantitative estimate of drug-likeness (QED) is 0.153. The number of hydrogen-bond donors (Lipinski definition) is 0. The van der Waals surface area contributed by atoms with Crippen molar-refractivity contribution >= 4 is 32.3 Å². The lowest BCUT2D eigenvalue weighted by Crippen LogP contribution is -1.88. The van der Waals surface area contributed by atoms with Crippen molar-refractivity contribution < 1.29 is 0 Å². The van der Waals surface area contributed by atoms with Gasteiger partial charge in [-0.15, -0.1) is 0 Å². The molecule has 0 N–H and O–H groups in total. The topological polar surface area (TPSA) is 0 Å². The van der Waals surface area contributed by atoms with Gasteiger partial charge in [0, 0.05) is 0 Å². The molecule has 0 amide bonds. The fourth-order valence-electron chi connectivity index (χ4n) is 8.09. The van der Waals surface area contributed by atoms with Crippen LogP contribution < -0.4 is 0 Å². The maximum atomic E-state index is 2.40. The minimum Gasteiger partial charge on any atom is -0.0622 e. The highest BCUT2D eigenvalue weighted by molar-refractivity contribution is 6.26. The Bertz CT molecular complexity index is 2770. The molecule has 0 aliphatic carbocycles. The molecular weight excluding hydrogens is 649 g/mol. The molecule has 0 radical (unpaired) electrons. The lowest BCUT2D eigenvalue weighted by atomic mass is 9.89. The standard InChI is InChI=1S/C54H36/c1-3-13-37(14-4-1)39-17-9-19-41(31-39)43-21-11-23-45(33-43)47-27-29-51-49-25-7-8-26-50(49)52-30-28-48(36-54(52)53(51)35-47)46-24-12-22-44(34-46)42-20-10-18-40(32-42)38-15-5-2-6-16-38/h1-36H. The van der Waals surface area contributed by atoms with Crippen LogP contribution in [0.2, 0.25) is 0 Å². The molecule has 0 heteroatoms. The first kappa shape index (κ1) is 31.7. The molecule has 0 aromatic heterocycles. The van der Waals surface area contributed by atoms with Crippen LogP contribution in [0.5, 0.6) is 0 Å². The summed E-state index contributed by atoms with van der Waals surface area (Å²) in [5.41, 5.74) is 14.6. The monoisotopic (exact) mass is 684 g/mol. The third kappa shape index (κ3) is 5.85. The molecule has 0 aliphatic heterocycles. The highest BCUT2D eigenvalue weighted by atomic mass is 14.2. The zero-order valence-electron chi connectivity index (χ0n) is 29.8. The fourth-order valence-corrected chi connectivity index (χ4v) is 8.09. The number of rotatable bonds is 6. The van der Waals surface area contributed by atoms with Gasteiger partial charge in [-0.3, -0.25) is 0 Å². The Morgan fingerprint density at radius 3 is 0.704 bits per heavy atom. The van der Waals surface area contributed by atoms with E-state index in [-0.39, 0.29) is 0 Å². The summed E-state index contributed by atoms with van der Waals surface area (Å²) >= 11 is 0. The van der Waals surface area contributed by atoms with Gasteiger partial charge in [0.1, 0.15) is 0 Å². The lowest BCUT2D eigenvalue weighted by molar-refractivity contribution is 1.58. The molecule has 252 valence electrons. The molecule has 0 heterocycles. The van der Waals surface area contributed by atoms with Gasteiger partial charge >= 0.3 is 0 Å². The summed E-state index contributed by atoms with van der Waals surface area (Å²) in [7, 11) is 0.